The molecule has 1 aromatic carbocycles. The van der Waals surface area contributed by atoms with Crippen LogP contribution in [-0.2, 0) is 16.4 Å². The van der Waals surface area contributed by atoms with Crippen molar-refractivity contribution in [3.63, 3.8) is 0 Å². The lowest BCUT2D eigenvalue weighted by atomic mass is 10.2. The van der Waals surface area contributed by atoms with Crippen LogP contribution >= 0.6 is 24.0 Å². The van der Waals surface area contributed by atoms with Gasteiger partial charge in [0.25, 0.3) is 0 Å². The van der Waals surface area contributed by atoms with Crippen LogP contribution in [0, 0.1) is 0 Å². The van der Waals surface area contributed by atoms with Gasteiger partial charge in [0.05, 0.1) is 11.4 Å². The highest BCUT2D eigenvalue weighted by molar-refractivity contribution is 14.0. The molecule has 0 aliphatic heterocycles. The van der Waals surface area contributed by atoms with Gasteiger partial charge in [-0.1, -0.05) is 19.1 Å². The van der Waals surface area contributed by atoms with Crippen molar-refractivity contribution in [3.05, 3.63) is 29.8 Å². The average molecular weight is 425 g/mol. The molecule has 21 heavy (non-hydrogen) atoms. The van der Waals surface area contributed by atoms with Crippen LogP contribution in [0.25, 0.3) is 0 Å². The van der Waals surface area contributed by atoms with Crippen molar-refractivity contribution in [2.75, 3.05) is 19.3 Å². The van der Waals surface area contributed by atoms with Gasteiger partial charge in [0.2, 0.25) is 0 Å². The Balaban J connectivity index is 0.00000400. The van der Waals surface area contributed by atoms with Crippen LogP contribution in [-0.4, -0.2) is 33.7 Å². The van der Waals surface area contributed by atoms with E-state index in [4.69, 9.17) is 0 Å². The molecule has 120 valence electrons. The number of nitrogens with zero attached hydrogens (tertiary/aromatic N) is 1. The molecule has 0 atom stereocenters. The van der Waals surface area contributed by atoms with Gasteiger partial charge in [-0.05, 0) is 31.0 Å². The van der Waals surface area contributed by atoms with Gasteiger partial charge in [-0.15, -0.1) is 24.0 Å². The van der Waals surface area contributed by atoms with Crippen molar-refractivity contribution in [3.8, 4) is 0 Å². The predicted octanol–water partition coefficient (Wildman–Crippen LogP) is 2.17. The Hall–Kier alpha value is -0.830. The molecule has 5 nitrogen and oxygen atoms in total. The Morgan fingerprint density at radius 2 is 1.76 bits per heavy atom. The van der Waals surface area contributed by atoms with Crippen molar-refractivity contribution in [2.24, 2.45) is 4.99 Å². The number of rotatable bonds is 6. The summed E-state index contributed by atoms with van der Waals surface area (Å²) in [5.41, 5.74) is 0.978. The number of benzene rings is 1. The molecule has 0 spiro atoms. The molecule has 0 aliphatic rings. The molecule has 0 radical (unpaired) electrons. The van der Waals surface area contributed by atoms with E-state index in [9.17, 15) is 8.42 Å². The van der Waals surface area contributed by atoms with Crippen molar-refractivity contribution in [1.29, 1.82) is 0 Å². The van der Waals surface area contributed by atoms with E-state index in [0.717, 1.165) is 31.0 Å². The zero-order chi connectivity index (χ0) is 15.0. The Morgan fingerprint density at radius 3 is 2.24 bits per heavy atom. The molecule has 0 aliphatic carbocycles. The maximum absolute atomic E-state index is 11.4. The third kappa shape index (κ3) is 7.66. The fraction of sp³-hybridized carbons (Fsp3) is 0.500. The van der Waals surface area contributed by atoms with Crippen molar-refractivity contribution in [1.82, 2.24) is 10.6 Å². The minimum Gasteiger partial charge on any atom is -0.357 e. The van der Waals surface area contributed by atoms with E-state index in [1.807, 2.05) is 6.92 Å². The standard InChI is InChI=1S/C14H23N3O2S.HI/c1-4-10-16-14(15-5-2)17-11-12-6-8-13(9-7-12)20(3,18)19;/h6-9H,4-5,10-11H2,1-3H3,(H2,15,16,17);1H. The zero-order valence-electron chi connectivity index (χ0n) is 12.7. The van der Waals surface area contributed by atoms with Crippen molar-refractivity contribution in [2.45, 2.75) is 31.7 Å². The van der Waals surface area contributed by atoms with Crippen LogP contribution in [0.3, 0.4) is 0 Å². The SMILES string of the molecule is CCCNC(=NCc1ccc(S(C)(=O)=O)cc1)NCC.I. The summed E-state index contributed by atoms with van der Waals surface area (Å²) < 4.78 is 22.7. The molecule has 0 bridgehead atoms. The number of sulfone groups is 1. The van der Waals surface area contributed by atoms with E-state index in [1.165, 1.54) is 6.26 Å². The first-order chi connectivity index (χ1) is 9.47. The Morgan fingerprint density at radius 1 is 1.14 bits per heavy atom. The first-order valence-corrected chi connectivity index (χ1v) is 8.67. The highest BCUT2D eigenvalue weighted by Crippen LogP contribution is 2.10. The molecule has 0 saturated carbocycles. The maximum Gasteiger partial charge on any atom is 0.191 e. The van der Waals surface area contributed by atoms with Gasteiger partial charge in [0, 0.05) is 19.3 Å². The first-order valence-electron chi connectivity index (χ1n) is 6.78. The second-order valence-corrected chi connectivity index (χ2v) is 6.55. The number of nitrogens with one attached hydrogen (secondary N) is 2. The topological polar surface area (TPSA) is 70.6 Å². The monoisotopic (exact) mass is 425 g/mol. The van der Waals surface area contributed by atoms with E-state index in [-0.39, 0.29) is 24.0 Å². The normalized spacial score (nSPS) is 11.7. The van der Waals surface area contributed by atoms with E-state index in [0.29, 0.717) is 11.4 Å². The summed E-state index contributed by atoms with van der Waals surface area (Å²) in [6.07, 6.45) is 2.24. The van der Waals surface area contributed by atoms with E-state index < -0.39 is 9.84 Å². The number of hydrogen-bond acceptors (Lipinski definition) is 3. The van der Waals surface area contributed by atoms with Gasteiger partial charge in [-0.25, -0.2) is 13.4 Å². The Labute approximate surface area is 144 Å². The van der Waals surface area contributed by atoms with E-state index in [2.05, 4.69) is 22.5 Å². The lowest BCUT2D eigenvalue weighted by Crippen LogP contribution is -2.37. The highest BCUT2D eigenvalue weighted by atomic mass is 127. The number of halogens is 1. The number of hydrogen-bond donors (Lipinski definition) is 2. The molecule has 1 rings (SSSR count). The van der Waals surface area contributed by atoms with Crippen molar-refractivity contribution < 1.29 is 8.42 Å². The largest absolute Gasteiger partial charge is 0.357 e. The molecule has 1 aromatic rings. The van der Waals surface area contributed by atoms with Gasteiger partial charge >= 0.3 is 0 Å². The van der Waals surface area contributed by atoms with Crippen LogP contribution < -0.4 is 10.6 Å². The highest BCUT2D eigenvalue weighted by Gasteiger charge is 2.05. The third-order valence-electron chi connectivity index (χ3n) is 2.66. The quantitative estimate of drug-likeness (QED) is 0.417. The molecular weight excluding hydrogens is 401 g/mol. The molecule has 0 unspecified atom stereocenters. The predicted molar refractivity (Wildman–Crippen MR) is 98.1 cm³/mol. The van der Waals surface area contributed by atoms with Crippen molar-refractivity contribution >= 4 is 39.8 Å². The molecule has 0 fully saturated rings. The van der Waals surface area contributed by atoms with Crippen LogP contribution in [0.5, 0.6) is 0 Å². The first kappa shape index (κ1) is 20.2. The lowest BCUT2D eigenvalue weighted by molar-refractivity contribution is 0.602. The molecule has 0 amide bonds. The van der Waals surface area contributed by atoms with Crippen LogP contribution in [0.4, 0.5) is 0 Å². The summed E-state index contributed by atoms with van der Waals surface area (Å²) in [6, 6.07) is 6.83. The second kappa shape index (κ2) is 9.99. The number of aliphatic imine (C=N–C) groups is 1. The summed E-state index contributed by atoms with van der Waals surface area (Å²) in [7, 11) is -3.13. The third-order valence-corrected chi connectivity index (χ3v) is 3.79. The molecule has 0 saturated heterocycles. The average Bonchev–Trinajstić information content (AvgIpc) is 2.41. The van der Waals surface area contributed by atoms with E-state index >= 15 is 0 Å². The molecule has 0 aromatic heterocycles. The fourth-order valence-corrected chi connectivity index (χ4v) is 2.23. The minimum absolute atomic E-state index is 0. The van der Waals surface area contributed by atoms with Gasteiger partial charge in [-0.2, -0.15) is 0 Å². The van der Waals surface area contributed by atoms with Gasteiger partial charge in [0.1, 0.15) is 0 Å². The minimum atomic E-state index is -3.13. The Bertz CT molecular complexity index is 542. The summed E-state index contributed by atoms with van der Waals surface area (Å²) in [6.45, 7) is 6.31. The van der Waals surface area contributed by atoms with Crippen LogP contribution in [0.1, 0.15) is 25.8 Å². The molecule has 0 heterocycles. The van der Waals surface area contributed by atoms with Gasteiger partial charge in [0.15, 0.2) is 15.8 Å². The molecule has 7 heteroatoms. The summed E-state index contributed by atoms with van der Waals surface area (Å²) in [5, 5.41) is 6.39. The van der Waals surface area contributed by atoms with Gasteiger partial charge < -0.3 is 10.6 Å². The lowest BCUT2D eigenvalue weighted by Gasteiger charge is -2.10. The zero-order valence-corrected chi connectivity index (χ0v) is 15.9. The summed E-state index contributed by atoms with van der Waals surface area (Å²) in [4.78, 5) is 4.79. The Kier molecular flexibility index (Phi) is 9.60. The second-order valence-electron chi connectivity index (χ2n) is 4.54. The molecule has 2 N–H and O–H groups in total. The number of guanidine groups is 1. The summed E-state index contributed by atoms with van der Waals surface area (Å²) in [5.74, 6) is 0.779. The van der Waals surface area contributed by atoms with E-state index in [1.54, 1.807) is 24.3 Å². The van der Waals surface area contributed by atoms with Crippen LogP contribution in [0.2, 0.25) is 0 Å². The summed E-state index contributed by atoms with van der Waals surface area (Å²) >= 11 is 0. The van der Waals surface area contributed by atoms with Gasteiger partial charge in [-0.3, -0.25) is 0 Å². The smallest absolute Gasteiger partial charge is 0.191 e. The van der Waals surface area contributed by atoms with Crippen LogP contribution in [0.15, 0.2) is 34.2 Å². The maximum atomic E-state index is 11.4. The molecular formula is C14H24IN3O2S. The fourth-order valence-electron chi connectivity index (χ4n) is 1.60.